The van der Waals surface area contributed by atoms with Gasteiger partial charge in [0.15, 0.2) is 0 Å². The number of sulfonamides is 1. The van der Waals surface area contributed by atoms with Crippen LogP contribution in [0.4, 0.5) is 0 Å². The third-order valence-corrected chi connectivity index (χ3v) is 5.47. The molecule has 0 bridgehead atoms. The van der Waals surface area contributed by atoms with Crippen molar-refractivity contribution in [2.75, 3.05) is 20.1 Å². The lowest BCUT2D eigenvalue weighted by molar-refractivity contribution is -0.121. The van der Waals surface area contributed by atoms with Crippen molar-refractivity contribution in [2.24, 2.45) is 0 Å². The monoisotopic (exact) mass is 362 g/mol. The van der Waals surface area contributed by atoms with Crippen molar-refractivity contribution in [3.63, 3.8) is 0 Å². The minimum atomic E-state index is -3.65. The molecular weight excluding hydrogens is 344 g/mol. The van der Waals surface area contributed by atoms with Crippen molar-refractivity contribution in [1.29, 1.82) is 0 Å². The van der Waals surface area contributed by atoms with E-state index in [0.29, 0.717) is 6.54 Å². The number of nitrogens with one attached hydrogen (secondary N) is 1. The highest BCUT2D eigenvalue weighted by Crippen LogP contribution is 2.21. The number of rotatable bonds is 6. The van der Waals surface area contributed by atoms with Crippen LogP contribution in [0.3, 0.4) is 0 Å². The molecule has 1 aromatic rings. The lowest BCUT2D eigenvalue weighted by Crippen LogP contribution is -2.38. The van der Waals surface area contributed by atoms with Crippen LogP contribution >= 0.6 is 15.9 Å². The maximum absolute atomic E-state index is 12.3. The van der Waals surface area contributed by atoms with Crippen LogP contribution in [0.15, 0.2) is 27.6 Å². The summed E-state index contributed by atoms with van der Waals surface area (Å²) in [5, 5.41) is 2.65. The first-order valence-corrected chi connectivity index (χ1v) is 8.51. The second kappa shape index (κ2) is 7.19. The minimum Gasteiger partial charge on any atom is -0.355 e. The molecule has 1 amide bonds. The normalized spacial score (nSPS) is 11.7. The van der Waals surface area contributed by atoms with E-state index in [-0.39, 0.29) is 17.3 Å². The first-order valence-electron chi connectivity index (χ1n) is 6.28. The molecule has 0 spiro atoms. The SMILES string of the molecule is CCCNC(=O)CN(C)S(=O)(=O)c1ccc(Br)c(C)c1. The minimum absolute atomic E-state index is 0.183. The summed E-state index contributed by atoms with van der Waals surface area (Å²) < 4.78 is 26.6. The first kappa shape index (κ1) is 17.1. The van der Waals surface area contributed by atoms with Gasteiger partial charge in [-0.15, -0.1) is 0 Å². The zero-order valence-electron chi connectivity index (χ0n) is 11.8. The van der Waals surface area contributed by atoms with Gasteiger partial charge in [0.1, 0.15) is 0 Å². The number of aryl methyl sites for hydroxylation is 1. The summed E-state index contributed by atoms with van der Waals surface area (Å²) in [5.74, 6) is -0.299. The van der Waals surface area contributed by atoms with Gasteiger partial charge >= 0.3 is 0 Å². The maximum atomic E-state index is 12.3. The molecule has 0 aliphatic heterocycles. The van der Waals surface area contributed by atoms with Crippen molar-refractivity contribution in [3.8, 4) is 0 Å². The highest BCUT2D eigenvalue weighted by molar-refractivity contribution is 9.10. The highest BCUT2D eigenvalue weighted by Gasteiger charge is 2.23. The molecule has 1 rings (SSSR count). The Morgan fingerprint density at radius 3 is 2.60 bits per heavy atom. The number of carbonyl (C=O) groups excluding carboxylic acids is 1. The smallest absolute Gasteiger partial charge is 0.243 e. The average molecular weight is 363 g/mol. The van der Waals surface area contributed by atoms with Crippen LogP contribution in [0.5, 0.6) is 0 Å². The van der Waals surface area contributed by atoms with Crippen molar-refractivity contribution in [3.05, 3.63) is 28.2 Å². The van der Waals surface area contributed by atoms with Crippen LogP contribution in [-0.4, -0.2) is 38.8 Å². The quantitative estimate of drug-likeness (QED) is 0.840. The Kier molecular flexibility index (Phi) is 6.16. The molecule has 0 aliphatic rings. The lowest BCUT2D eigenvalue weighted by Gasteiger charge is -2.17. The zero-order valence-corrected chi connectivity index (χ0v) is 14.2. The fourth-order valence-corrected chi connectivity index (χ4v) is 3.02. The summed E-state index contributed by atoms with van der Waals surface area (Å²) in [6, 6.07) is 4.79. The molecule has 0 fully saturated rings. The number of hydrogen-bond donors (Lipinski definition) is 1. The van der Waals surface area contributed by atoms with Gasteiger partial charge in [0.2, 0.25) is 15.9 Å². The zero-order chi connectivity index (χ0) is 15.3. The molecule has 7 heteroatoms. The Morgan fingerprint density at radius 1 is 1.40 bits per heavy atom. The summed E-state index contributed by atoms with van der Waals surface area (Å²) in [5.41, 5.74) is 0.829. The van der Waals surface area contributed by atoms with Crippen molar-refractivity contribution in [2.45, 2.75) is 25.2 Å². The van der Waals surface area contributed by atoms with Crippen LogP contribution in [0.1, 0.15) is 18.9 Å². The van der Waals surface area contributed by atoms with E-state index in [1.165, 1.54) is 13.1 Å². The predicted octanol–water partition coefficient (Wildman–Crippen LogP) is 1.90. The number of likely N-dealkylation sites (N-methyl/N-ethyl adjacent to an activating group) is 1. The second-order valence-electron chi connectivity index (χ2n) is 4.52. The lowest BCUT2D eigenvalue weighted by atomic mass is 10.2. The molecule has 112 valence electrons. The van der Waals surface area contributed by atoms with Crippen LogP contribution in [0.25, 0.3) is 0 Å². The molecule has 0 heterocycles. The number of nitrogens with zero attached hydrogens (tertiary/aromatic N) is 1. The topological polar surface area (TPSA) is 66.5 Å². The largest absolute Gasteiger partial charge is 0.355 e. The van der Waals surface area contributed by atoms with E-state index in [9.17, 15) is 13.2 Å². The summed E-state index contributed by atoms with van der Waals surface area (Å²) in [6.45, 7) is 4.12. The molecule has 0 saturated heterocycles. The first-order chi connectivity index (χ1) is 9.28. The molecule has 0 aliphatic carbocycles. The van der Waals surface area contributed by atoms with Gasteiger partial charge < -0.3 is 5.32 Å². The molecule has 0 radical (unpaired) electrons. The van der Waals surface area contributed by atoms with Gasteiger partial charge in [0.25, 0.3) is 0 Å². The van der Waals surface area contributed by atoms with E-state index in [4.69, 9.17) is 0 Å². The Balaban J connectivity index is 2.87. The van der Waals surface area contributed by atoms with Gasteiger partial charge in [-0.1, -0.05) is 22.9 Å². The Hall–Kier alpha value is -0.920. The fourth-order valence-electron chi connectivity index (χ4n) is 1.57. The molecule has 0 unspecified atom stereocenters. The molecular formula is C13H19BrN2O3S. The summed E-state index contributed by atoms with van der Waals surface area (Å²) >= 11 is 3.33. The molecule has 0 atom stereocenters. The summed E-state index contributed by atoms with van der Waals surface area (Å²) in [4.78, 5) is 11.8. The van der Waals surface area contributed by atoms with E-state index in [1.54, 1.807) is 12.1 Å². The van der Waals surface area contributed by atoms with E-state index >= 15 is 0 Å². The standard InChI is InChI=1S/C13H19BrN2O3S/c1-4-7-15-13(17)9-16(3)20(18,19)11-5-6-12(14)10(2)8-11/h5-6,8H,4,7,9H2,1-3H3,(H,15,17). The van der Waals surface area contributed by atoms with E-state index < -0.39 is 10.0 Å². The third kappa shape index (κ3) is 4.29. The van der Waals surface area contributed by atoms with E-state index in [1.807, 2.05) is 13.8 Å². The van der Waals surface area contributed by atoms with Crippen LogP contribution in [-0.2, 0) is 14.8 Å². The van der Waals surface area contributed by atoms with Crippen molar-refractivity contribution >= 4 is 31.9 Å². The van der Waals surface area contributed by atoms with Crippen LogP contribution in [0, 0.1) is 6.92 Å². The maximum Gasteiger partial charge on any atom is 0.243 e. The van der Waals surface area contributed by atoms with Gasteiger partial charge in [0, 0.05) is 18.1 Å². The van der Waals surface area contributed by atoms with Gasteiger partial charge in [-0.3, -0.25) is 4.79 Å². The molecule has 20 heavy (non-hydrogen) atoms. The fraction of sp³-hybridized carbons (Fsp3) is 0.462. The Bertz CT molecular complexity index is 587. The molecule has 1 aromatic carbocycles. The number of carbonyl (C=O) groups is 1. The Morgan fingerprint density at radius 2 is 2.05 bits per heavy atom. The summed E-state index contributed by atoms with van der Waals surface area (Å²) in [7, 11) is -2.25. The number of halogens is 1. The van der Waals surface area contributed by atoms with Crippen molar-refractivity contribution in [1.82, 2.24) is 9.62 Å². The third-order valence-electron chi connectivity index (χ3n) is 2.78. The highest BCUT2D eigenvalue weighted by atomic mass is 79.9. The average Bonchev–Trinajstić information content (AvgIpc) is 2.39. The van der Waals surface area contributed by atoms with Gasteiger partial charge in [0.05, 0.1) is 11.4 Å². The van der Waals surface area contributed by atoms with Crippen LogP contribution in [0.2, 0.25) is 0 Å². The molecule has 1 N–H and O–H groups in total. The second-order valence-corrected chi connectivity index (χ2v) is 7.42. The summed E-state index contributed by atoms with van der Waals surface area (Å²) in [6.07, 6.45) is 0.814. The van der Waals surface area contributed by atoms with Crippen molar-refractivity contribution < 1.29 is 13.2 Å². The molecule has 5 nitrogen and oxygen atoms in total. The van der Waals surface area contributed by atoms with Gasteiger partial charge in [-0.25, -0.2) is 8.42 Å². The van der Waals surface area contributed by atoms with E-state index in [2.05, 4.69) is 21.2 Å². The number of hydrogen-bond acceptors (Lipinski definition) is 3. The van der Waals surface area contributed by atoms with E-state index in [0.717, 1.165) is 20.8 Å². The molecule has 0 saturated carbocycles. The Labute approximate surface area is 128 Å². The van der Waals surface area contributed by atoms with Gasteiger partial charge in [-0.05, 0) is 37.1 Å². The molecule has 0 aromatic heterocycles. The van der Waals surface area contributed by atoms with Crippen LogP contribution < -0.4 is 5.32 Å². The predicted molar refractivity (Wildman–Crippen MR) is 82.0 cm³/mol. The number of amides is 1. The van der Waals surface area contributed by atoms with Gasteiger partial charge in [-0.2, -0.15) is 4.31 Å². The number of benzene rings is 1.